The van der Waals surface area contributed by atoms with Crippen LogP contribution in [0.25, 0.3) is 11.1 Å². The summed E-state index contributed by atoms with van der Waals surface area (Å²) in [5.41, 5.74) is 8.14. The zero-order valence-electron chi connectivity index (χ0n) is 13.4. The van der Waals surface area contributed by atoms with Gasteiger partial charge in [0.15, 0.2) is 0 Å². The number of carbonyl (C=O) groups is 1. The van der Waals surface area contributed by atoms with Gasteiger partial charge in [0, 0.05) is 27.1 Å². The highest BCUT2D eigenvalue weighted by Gasteiger charge is 2.26. The Labute approximate surface area is 157 Å². The van der Waals surface area contributed by atoms with Gasteiger partial charge in [-0.05, 0) is 50.8 Å². The molecule has 6 heteroatoms. The van der Waals surface area contributed by atoms with Gasteiger partial charge in [-0.25, -0.2) is 9.78 Å². The van der Waals surface area contributed by atoms with Crippen LogP contribution in [0.2, 0.25) is 10.0 Å². The molecule has 0 unspecified atom stereocenters. The van der Waals surface area contributed by atoms with Crippen LogP contribution in [-0.2, 0) is 4.74 Å². The SMILES string of the molecule is CCOC(=O)c1c(-c2ccc(Cl)cc2Cl)cc([C]2[CH][CH][CH][CH]2)nc1N. The molecule has 0 aliphatic heterocycles. The number of esters is 1. The Morgan fingerprint density at radius 3 is 2.52 bits per heavy atom. The van der Waals surface area contributed by atoms with E-state index in [1.54, 1.807) is 31.2 Å². The number of hydrogen-bond donors (Lipinski definition) is 1. The van der Waals surface area contributed by atoms with Crippen LogP contribution in [-0.4, -0.2) is 17.6 Å². The number of anilines is 1. The summed E-state index contributed by atoms with van der Waals surface area (Å²) in [5.74, 6) is 0.453. The van der Waals surface area contributed by atoms with E-state index >= 15 is 0 Å². The maximum atomic E-state index is 12.4. The van der Waals surface area contributed by atoms with E-state index in [1.807, 2.05) is 25.7 Å². The van der Waals surface area contributed by atoms with Crippen LogP contribution in [0.5, 0.6) is 0 Å². The van der Waals surface area contributed by atoms with Gasteiger partial charge in [-0.3, -0.25) is 0 Å². The lowest BCUT2D eigenvalue weighted by Gasteiger charge is -2.16. The first-order valence-electron chi connectivity index (χ1n) is 7.66. The molecular weight excluding hydrogens is 359 g/mol. The Bertz CT molecular complexity index is 802. The van der Waals surface area contributed by atoms with Crippen molar-refractivity contribution in [2.24, 2.45) is 0 Å². The van der Waals surface area contributed by atoms with Crippen molar-refractivity contribution in [2.45, 2.75) is 6.92 Å². The van der Waals surface area contributed by atoms with E-state index in [-0.39, 0.29) is 18.0 Å². The lowest BCUT2D eigenvalue weighted by atomic mass is 9.95. The summed E-state index contributed by atoms with van der Waals surface area (Å²) < 4.78 is 5.14. The number of rotatable bonds is 4. The molecule has 2 N–H and O–H groups in total. The van der Waals surface area contributed by atoms with Crippen LogP contribution in [0.3, 0.4) is 0 Å². The van der Waals surface area contributed by atoms with Gasteiger partial charge in [0.1, 0.15) is 11.4 Å². The molecule has 1 aliphatic carbocycles. The molecule has 3 rings (SSSR count). The normalized spacial score (nSPS) is 14.7. The monoisotopic (exact) mass is 373 g/mol. The average Bonchev–Trinajstić information content (AvgIpc) is 3.08. The van der Waals surface area contributed by atoms with Crippen molar-refractivity contribution in [3.8, 4) is 11.1 Å². The van der Waals surface area contributed by atoms with Crippen molar-refractivity contribution in [3.05, 3.63) is 77.2 Å². The summed E-state index contributed by atoms with van der Waals surface area (Å²) in [6.07, 6.45) is 7.64. The highest BCUT2D eigenvalue weighted by atomic mass is 35.5. The predicted octanol–water partition coefficient (Wildman–Crippen LogP) is 4.57. The van der Waals surface area contributed by atoms with Crippen molar-refractivity contribution in [3.63, 3.8) is 0 Å². The van der Waals surface area contributed by atoms with Gasteiger partial charge in [0.05, 0.1) is 12.3 Å². The van der Waals surface area contributed by atoms with Crippen LogP contribution >= 0.6 is 23.2 Å². The van der Waals surface area contributed by atoms with Gasteiger partial charge in [-0.15, -0.1) is 0 Å². The number of pyridine rings is 1. The van der Waals surface area contributed by atoms with Crippen LogP contribution in [0.4, 0.5) is 5.82 Å². The van der Waals surface area contributed by atoms with Crippen molar-refractivity contribution < 1.29 is 9.53 Å². The number of benzene rings is 1. The second-order valence-corrected chi connectivity index (χ2v) is 6.18. The maximum Gasteiger partial charge on any atom is 0.342 e. The largest absolute Gasteiger partial charge is 0.462 e. The molecule has 0 saturated heterocycles. The Balaban J connectivity index is 2.18. The molecule has 127 valence electrons. The van der Waals surface area contributed by atoms with Crippen molar-refractivity contribution in [1.82, 2.24) is 4.98 Å². The standard InChI is InChI=1S/C19H15Cl2N2O2/c1-2-25-19(24)17-14(13-8-7-12(20)9-15(13)21)10-16(23-18(17)22)11-5-3-4-6-11/h3-10H,2H2,1H3,(H2,22,23). The predicted molar refractivity (Wildman–Crippen MR) is 99.6 cm³/mol. The average molecular weight is 374 g/mol. The second kappa shape index (κ2) is 7.63. The Kier molecular flexibility index (Phi) is 5.50. The van der Waals surface area contributed by atoms with Crippen LogP contribution in [0.1, 0.15) is 23.0 Å². The number of ether oxygens (including phenoxy) is 1. The zero-order valence-corrected chi connectivity index (χ0v) is 14.9. The summed E-state index contributed by atoms with van der Waals surface area (Å²) in [7, 11) is 0. The summed E-state index contributed by atoms with van der Waals surface area (Å²) in [6, 6.07) is 6.85. The third kappa shape index (κ3) is 3.75. The zero-order chi connectivity index (χ0) is 18.0. The van der Waals surface area contributed by atoms with Gasteiger partial charge in [0.2, 0.25) is 0 Å². The molecule has 0 spiro atoms. The van der Waals surface area contributed by atoms with Gasteiger partial charge < -0.3 is 10.5 Å². The van der Waals surface area contributed by atoms with E-state index in [4.69, 9.17) is 33.7 Å². The van der Waals surface area contributed by atoms with E-state index in [9.17, 15) is 4.79 Å². The van der Waals surface area contributed by atoms with E-state index in [0.29, 0.717) is 26.9 Å². The molecule has 1 saturated carbocycles. The van der Waals surface area contributed by atoms with E-state index < -0.39 is 5.97 Å². The third-order valence-corrected chi connectivity index (χ3v) is 4.25. The molecule has 0 bridgehead atoms. The molecule has 1 aromatic heterocycles. The van der Waals surface area contributed by atoms with Crippen molar-refractivity contribution >= 4 is 35.0 Å². The number of nitrogens with zero attached hydrogens (tertiary/aromatic N) is 1. The topological polar surface area (TPSA) is 65.2 Å². The fourth-order valence-corrected chi connectivity index (χ4v) is 3.11. The van der Waals surface area contributed by atoms with Gasteiger partial charge in [-0.2, -0.15) is 0 Å². The molecule has 0 amide bonds. The second-order valence-electron chi connectivity index (χ2n) is 5.33. The lowest BCUT2D eigenvalue weighted by molar-refractivity contribution is 0.0528. The minimum absolute atomic E-state index is 0.0955. The number of carbonyl (C=O) groups excluding carboxylic acids is 1. The molecule has 25 heavy (non-hydrogen) atoms. The van der Waals surface area contributed by atoms with Gasteiger partial charge in [0.25, 0.3) is 0 Å². The first-order chi connectivity index (χ1) is 12.0. The van der Waals surface area contributed by atoms with Crippen LogP contribution < -0.4 is 5.73 Å². The lowest BCUT2D eigenvalue weighted by Crippen LogP contribution is -2.14. The van der Waals surface area contributed by atoms with Crippen molar-refractivity contribution in [2.75, 3.05) is 12.3 Å². The highest BCUT2D eigenvalue weighted by molar-refractivity contribution is 6.36. The van der Waals surface area contributed by atoms with Crippen molar-refractivity contribution in [1.29, 1.82) is 0 Å². The summed E-state index contributed by atoms with van der Waals surface area (Å²) in [4.78, 5) is 16.8. The molecule has 1 aliphatic rings. The Hall–Kier alpha value is -1.78. The smallest absolute Gasteiger partial charge is 0.342 e. The fourth-order valence-electron chi connectivity index (χ4n) is 2.60. The van der Waals surface area contributed by atoms with Crippen LogP contribution in [0.15, 0.2) is 24.3 Å². The first kappa shape index (κ1) is 18.0. The molecule has 2 aromatic rings. The van der Waals surface area contributed by atoms with Crippen LogP contribution in [0, 0.1) is 31.6 Å². The molecule has 4 nitrogen and oxygen atoms in total. The minimum Gasteiger partial charge on any atom is -0.462 e. The molecule has 5 radical (unpaired) electrons. The van der Waals surface area contributed by atoms with E-state index in [2.05, 4.69) is 4.98 Å². The summed E-state index contributed by atoms with van der Waals surface area (Å²) in [5, 5.41) is 0.918. The summed E-state index contributed by atoms with van der Waals surface area (Å²) in [6.45, 7) is 1.96. The number of hydrogen-bond acceptors (Lipinski definition) is 4. The number of nitrogen functional groups attached to an aromatic ring is 1. The molecule has 1 fully saturated rings. The minimum atomic E-state index is -0.539. The van der Waals surface area contributed by atoms with Gasteiger partial charge >= 0.3 is 5.97 Å². The molecular formula is C19H15Cl2N2O2. The van der Waals surface area contributed by atoms with Gasteiger partial charge in [-0.1, -0.05) is 29.3 Å². The maximum absolute atomic E-state index is 12.4. The van der Waals surface area contributed by atoms with E-state index in [0.717, 1.165) is 5.92 Å². The quantitative estimate of drug-likeness (QED) is 0.797. The Morgan fingerprint density at radius 1 is 1.16 bits per heavy atom. The highest BCUT2D eigenvalue weighted by Crippen LogP contribution is 2.38. The van der Waals surface area contributed by atoms with E-state index in [1.165, 1.54) is 0 Å². The molecule has 0 atom stereocenters. The summed E-state index contributed by atoms with van der Waals surface area (Å²) >= 11 is 12.3. The fraction of sp³-hybridized carbons (Fsp3) is 0.105. The number of halogens is 2. The number of aromatic nitrogens is 1. The molecule has 1 aromatic carbocycles. The first-order valence-corrected chi connectivity index (χ1v) is 8.42. The molecule has 1 heterocycles. The third-order valence-electron chi connectivity index (χ3n) is 3.71. The Morgan fingerprint density at radius 2 is 1.88 bits per heavy atom. The number of nitrogens with two attached hydrogens (primary N) is 1.